The summed E-state index contributed by atoms with van der Waals surface area (Å²) < 4.78 is 4.76. The summed E-state index contributed by atoms with van der Waals surface area (Å²) in [5.41, 5.74) is -0.233. The largest absolute Gasteiger partial charge is 0.476 e. The van der Waals surface area contributed by atoms with Crippen LogP contribution >= 0.6 is 0 Å². The second-order valence-corrected chi connectivity index (χ2v) is 4.09. The Morgan fingerprint density at radius 1 is 1.24 bits per heavy atom. The molecule has 17 heavy (non-hydrogen) atoms. The van der Waals surface area contributed by atoms with E-state index in [-0.39, 0.29) is 17.4 Å². The van der Waals surface area contributed by atoms with Crippen molar-refractivity contribution in [2.75, 3.05) is 13.1 Å². The molecule has 1 saturated heterocycles. The fraction of sp³-hybridized carbons (Fsp3) is 0.545. The second-order valence-electron chi connectivity index (χ2n) is 4.09. The summed E-state index contributed by atoms with van der Waals surface area (Å²) in [5, 5.41) is 12.0. The van der Waals surface area contributed by atoms with Gasteiger partial charge in [0.25, 0.3) is 5.91 Å². The molecule has 0 aromatic carbocycles. The first-order chi connectivity index (χ1) is 8.18. The van der Waals surface area contributed by atoms with Gasteiger partial charge >= 0.3 is 5.97 Å². The van der Waals surface area contributed by atoms with E-state index in [0.717, 1.165) is 25.7 Å². The van der Waals surface area contributed by atoms with Crippen LogP contribution in [0.3, 0.4) is 0 Å². The molecule has 1 aromatic rings. The molecule has 1 aliphatic rings. The maximum Gasteiger partial charge on any atom is 0.358 e. The van der Waals surface area contributed by atoms with Gasteiger partial charge in [0.1, 0.15) is 0 Å². The molecule has 1 aromatic heterocycles. The topological polar surface area (TPSA) is 83.6 Å². The molecule has 0 aliphatic carbocycles. The van der Waals surface area contributed by atoms with Crippen molar-refractivity contribution < 1.29 is 19.2 Å². The fourth-order valence-corrected chi connectivity index (χ4v) is 1.91. The summed E-state index contributed by atoms with van der Waals surface area (Å²) in [6.07, 6.45) is 4.21. The van der Waals surface area contributed by atoms with Crippen molar-refractivity contribution in [3.63, 3.8) is 0 Å². The van der Waals surface area contributed by atoms with Gasteiger partial charge in [-0.25, -0.2) is 4.79 Å². The average molecular weight is 238 g/mol. The molecule has 0 spiro atoms. The third-order valence-electron chi connectivity index (χ3n) is 2.83. The Labute approximate surface area is 98.2 Å². The number of hydrogen-bond donors (Lipinski definition) is 1. The normalized spacial score (nSPS) is 16.6. The number of nitrogens with zero attached hydrogens (tertiary/aromatic N) is 2. The monoisotopic (exact) mass is 238 g/mol. The number of likely N-dealkylation sites (tertiary alicyclic amines) is 1. The van der Waals surface area contributed by atoms with Gasteiger partial charge in [-0.3, -0.25) is 4.79 Å². The molecule has 1 N–H and O–H groups in total. The quantitative estimate of drug-likeness (QED) is 0.841. The average Bonchev–Trinajstić information content (AvgIpc) is 2.65. The minimum Gasteiger partial charge on any atom is -0.476 e. The number of carboxylic acids is 1. The van der Waals surface area contributed by atoms with Gasteiger partial charge in [-0.15, -0.1) is 0 Å². The Balaban J connectivity index is 2.09. The molecule has 0 atom stereocenters. The van der Waals surface area contributed by atoms with E-state index >= 15 is 0 Å². The van der Waals surface area contributed by atoms with Crippen molar-refractivity contribution in [2.24, 2.45) is 0 Å². The number of carboxylic acid groups (broad SMARTS) is 1. The highest BCUT2D eigenvalue weighted by atomic mass is 16.5. The van der Waals surface area contributed by atoms with E-state index in [0.29, 0.717) is 13.1 Å². The molecule has 0 radical (unpaired) electrons. The van der Waals surface area contributed by atoms with Gasteiger partial charge in [-0.2, -0.15) is 0 Å². The highest BCUT2D eigenvalue weighted by Crippen LogP contribution is 2.14. The summed E-state index contributed by atoms with van der Waals surface area (Å²) in [4.78, 5) is 24.3. The number of hydrogen-bond acceptors (Lipinski definition) is 4. The lowest BCUT2D eigenvalue weighted by Gasteiger charge is -2.17. The van der Waals surface area contributed by atoms with Gasteiger partial charge in [0.2, 0.25) is 5.76 Å². The molecule has 2 rings (SSSR count). The Kier molecular flexibility index (Phi) is 3.41. The highest BCUT2D eigenvalue weighted by molar-refractivity contribution is 5.94. The van der Waals surface area contributed by atoms with Crippen molar-refractivity contribution >= 4 is 11.9 Å². The Hall–Kier alpha value is -1.85. The molecular formula is C11H14N2O4. The predicted molar refractivity (Wildman–Crippen MR) is 57.8 cm³/mol. The zero-order valence-electron chi connectivity index (χ0n) is 9.39. The number of carbonyl (C=O) groups excluding carboxylic acids is 1. The minimum absolute atomic E-state index is 0.00398. The molecule has 6 nitrogen and oxygen atoms in total. The third kappa shape index (κ3) is 2.64. The summed E-state index contributed by atoms with van der Waals surface area (Å²) in [7, 11) is 0. The maximum absolute atomic E-state index is 12.0. The predicted octanol–water partition coefficient (Wildman–Crippen LogP) is 1.39. The smallest absolute Gasteiger partial charge is 0.358 e. The first kappa shape index (κ1) is 11.6. The van der Waals surface area contributed by atoms with Gasteiger partial charge in [0.15, 0.2) is 5.69 Å². The van der Waals surface area contributed by atoms with E-state index in [2.05, 4.69) is 5.16 Å². The Morgan fingerprint density at radius 2 is 1.88 bits per heavy atom. The van der Waals surface area contributed by atoms with E-state index < -0.39 is 5.97 Å². The summed E-state index contributed by atoms with van der Waals surface area (Å²) in [6.45, 7) is 1.39. The number of aromatic carboxylic acids is 1. The first-order valence-electron chi connectivity index (χ1n) is 5.68. The highest BCUT2D eigenvalue weighted by Gasteiger charge is 2.22. The summed E-state index contributed by atoms with van der Waals surface area (Å²) >= 11 is 0. The van der Waals surface area contributed by atoms with Crippen LogP contribution in [-0.2, 0) is 0 Å². The lowest BCUT2D eigenvalue weighted by molar-refractivity contribution is 0.0677. The van der Waals surface area contributed by atoms with Gasteiger partial charge in [-0.1, -0.05) is 18.0 Å². The maximum atomic E-state index is 12.0. The van der Waals surface area contributed by atoms with Crippen LogP contribution in [0.15, 0.2) is 10.6 Å². The summed E-state index contributed by atoms with van der Waals surface area (Å²) in [6, 6.07) is 1.18. The lowest BCUT2D eigenvalue weighted by Crippen LogP contribution is -2.31. The van der Waals surface area contributed by atoms with Crippen LogP contribution < -0.4 is 0 Å². The van der Waals surface area contributed by atoms with Crippen molar-refractivity contribution in [3.05, 3.63) is 17.5 Å². The Bertz CT molecular complexity index is 419. The molecule has 1 aliphatic heterocycles. The SMILES string of the molecule is O=C(O)c1cc(C(=O)N2CCCCCC2)on1. The first-order valence-corrected chi connectivity index (χ1v) is 5.68. The molecule has 92 valence electrons. The van der Waals surface area contributed by atoms with E-state index in [9.17, 15) is 9.59 Å². The molecular weight excluding hydrogens is 224 g/mol. The zero-order chi connectivity index (χ0) is 12.3. The van der Waals surface area contributed by atoms with Gasteiger partial charge < -0.3 is 14.5 Å². The van der Waals surface area contributed by atoms with E-state index in [1.807, 2.05) is 0 Å². The van der Waals surface area contributed by atoms with E-state index in [1.165, 1.54) is 6.07 Å². The van der Waals surface area contributed by atoms with Crippen molar-refractivity contribution in [2.45, 2.75) is 25.7 Å². The third-order valence-corrected chi connectivity index (χ3v) is 2.83. The minimum atomic E-state index is -1.19. The molecule has 0 unspecified atom stereocenters. The number of carbonyl (C=O) groups is 2. The second kappa shape index (κ2) is 4.99. The Morgan fingerprint density at radius 3 is 2.41 bits per heavy atom. The van der Waals surface area contributed by atoms with Crippen molar-refractivity contribution in [1.29, 1.82) is 0 Å². The van der Waals surface area contributed by atoms with Gasteiger partial charge in [-0.05, 0) is 12.8 Å². The molecule has 0 saturated carbocycles. The van der Waals surface area contributed by atoms with Crippen LogP contribution in [0.2, 0.25) is 0 Å². The molecule has 6 heteroatoms. The number of aromatic nitrogens is 1. The van der Waals surface area contributed by atoms with Crippen LogP contribution in [0.1, 0.15) is 46.7 Å². The van der Waals surface area contributed by atoms with Gasteiger partial charge in [0.05, 0.1) is 0 Å². The molecule has 1 fully saturated rings. The molecule has 0 bridgehead atoms. The van der Waals surface area contributed by atoms with E-state index in [4.69, 9.17) is 9.63 Å². The van der Waals surface area contributed by atoms with Crippen LogP contribution in [-0.4, -0.2) is 40.1 Å². The molecule has 2 heterocycles. The van der Waals surface area contributed by atoms with Crippen molar-refractivity contribution in [1.82, 2.24) is 10.1 Å². The van der Waals surface area contributed by atoms with Gasteiger partial charge in [0, 0.05) is 19.2 Å². The van der Waals surface area contributed by atoms with Crippen LogP contribution in [0, 0.1) is 0 Å². The number of rotatable bonds is 2. The van der Waals surface area contributed by atoms with E-state index in [1.54, 1.807) is 4.90 Å². The standard InChI is InChI=1S/C11H14N2O4/c14-10(13-5-3-1-2-4-6-13)9-7-8(11(15)16)12-17-9/h7H,1-6H2,(H,15,16). The summed E-state index contributed by atoms with van der Waals surface area (Å²) in [5.74, 6) is -1.46. The van der Waals surface area contributed by atoms with Crippen molar-refractivity contribution in [3.8, 4) is 0 Å². The van der Waals surface area contributed by atoms with Crippen LogP contribution in [0.25, 0.3) is 0 Å². The lowest BCUT2D eigenvalue weighted by atomic mass is 10.2. The van der Waals surface area contributed by atoms with Crippen LogP contribution in [0.4, 0.5) is 0 Å². The fourth-order valence-electron chi connectivity index (χ4n) is 1.91. The van der Waals surface area contributed by atoms with Crippen LogP contribution in [0.5, 0.6) is 0 Å². The zero-order valence-corrected chi connectivity index (χ0v) is 9.39. The number of amides is 1. The molecule has 1 amide bonds.